The van der Waals surface area contributed by atoms with Gasteiger partial charge in [0.2, 0.25) is 0 Å². The first-order valence-corrected chi connectivity index (χ1v) is 7.20. The maximum absolute atomic E-state index is 8.98. The summed E-state index contributed by atoms with van der Waals surface area (Å²) in [6.07, 6.45) is 1.08. The van der Waals surface area contributed by atoms with Crippen LogP contribution in [0.15, 0.2) is 24.3 Å². The summed E-state index contributed by atoms with van der Waals surface area (Å²) in [7, 11) is -0.129. The van der Waals surface area contributed by atoms with Crippen molar-refractivity contribution in [3.63, 3.8) is 0 Å². The van der Waals surface area contributed by atoms with Crippen LogP contribution in [0.1, 0.15) is 51.2 Å². The lowest BCUT2D eigenvalue weighted by molar-refractivity contribution is 0.00578. The molecule has 0 amide bonds. The van der Waals surface area contributed by atoms with E-state index in [0.717, 1.165) is 12.0 Å². The summed E-state index contributed by atoms with van der Waals surface area (Å²) in [6, 6.07) is 10.1. The lowest BCUT2D eigenvalue weighted by atomic mass is 9.79. The molecule has 1 saturated heterocycles. The SMILES string of the molecule is CC1(C)OB(C2CC2c2cccc(C#N)c2)OC1(C)C. The molecule has 3 nitrogen and oxygen atoms in total. The second-order valence-electron chi connectivity index (χ2n) is 6.87. The largest absolute Gasteiger partial charge is 0.461 e. The third kappa shape index (κ3) is 2.15. The lowest BCUT2D eigenvalue weighted by Gasteiger charge is -2.32. The molecule has 1 aliphatic heterocycles. The lowest BCUT2D eigenvalue weighted by Crippen LogP contribution is -2.41. The first-order chi connectivity index (χ1) is 9.34. The molecule has 1 heterocycles. The van der Waals surface area contributed by atoms with E-state index < -0.39 is 0 Å². The molecule has 0 spiro atoms. The van der Waals surface area contributed by atoms with E-state index in [-0.39, 0.29) is 18.3 Å². The molecule has 1 aliphatic carbocycles. The highest BCUT2D eigenvalue weighted by molar-refractivity contribution is 6.49. The van der Waals surface area contributed by atoms with Gasteiger partial charge in [-0.3, -0.25) is 0 Å². The van der Waals surface area contributed by atoms with Gasteiger partial charge in [0.05, 0.1) is 22.8 Å². The Bertz CT molecular complexity index is 560. The Kier molecular flexibility index (Phi) is 2.97. The van der Waals surface area contributed by atoms with Crippen molar-refractivity contribution in [2.24, 2.45) is 0 Å². The number of nitrogens with zero attached hydrogens (tertiary/aromatic N) is 1. The Hall–Kier alpha value is -1.31. The molecule has 2 unspecified atom stereocenters. The smallest absolute Gasteiger partial charge is 0.403 e. The summed E-state index contributed by atoms with van der Waals surface area (Å²) in [4.78, 5) is 0. The van der Waals surface area contributed by atoms with Crippen LogP contribution in [-0.4, -0.2) is 18.3 Å². The van der Waals surface area contributed by atoms with Gasteiger partial charge in [-0.25, -0.2) is 0 Å². The van der Waals surface area contributed by atoms with E-state index in [9.17, 15) is 0 Å². The zero-order valence-corrected chi connectivity index (χ0v) is 12.5. The fourth-order valence-electron chi connectivity index (χ4n) is 2.80. The molecule has 104 valence electrons. The molecule has 1 saturated carbocycles. The highest BCUT2D eigenvalue weighted by Gasteiger charge is 2.59. The van der Waals surface area contributed by atoms with E-state index in [2.05, 4.69) is 39.8 Å². The molecule has 20 heavy (non-hydrogen) atoms. The standard InChI is InChI=1S/C16H20BNO2/c1-15(2)16(3,4)20-17(19-15)14-9-13(14)12-7-5-6-11(8-12)10-18/h5-8,13-14H,9H2,1-4H3. The van der Waals surface area contributed by atoms with Crippen LogP contribution in [0.2, 0.25) is 5.82 Å². The summed E-state index contributed by atoms with van der Waals surface area (Å²) < 4.78 is 12.2. The van der Waals surface area contributed by atoms with Crippen LogP contribution in [0.3, 0.4) is 0 Å². The van der Waals surface area contributed by atoms with Crippen molar-refractivity contribution >= 4 is 7.12 Å². The maximum atomic E-state index is 8.98. The molecule has 0 aromatic heterocycles. The second kappa shape index (κ2) is 4.34. The van der Waals surface area contributed by atoms with E-state index in [4.69, 9.17) is 14.6 Å². The molecule has 1 aromatic rings. The van der Waals surface area contributed by atoms with Crippen molar-refractivity contribution in [2.45, 2.75) is 57.1 Å². The third-order valence-electron chi connectivity index (χ3n) is 4.90. The van der Waals surface area contributed by atoms with Crippen LogP contribution in [0, 0.1) is 11.3 Å². The van der Waals surface area contributed by atoms with Gasteiger partial charge in [-0.2, -0.15) is 5.26 Å². The molecular weight excluding hydrogens is 249 g/mol. The maximum Gasteiger partial charge on any atom is 0.461 e. The fourth-order valence-corrected chi connectivity index (χ4v) is 2.80. The monoisotopic (exact) mass is 269 g/mol. The second-order valence-corrected chi connectivity index (χ2v) is 6.87. The molecule has 2 atom stereocenters. The quantitative estimate of drug-likeness (QED) is 0.771. The molecule has 0 radical (unpaired) electrons. The van der Waals surface area contributed by atoms with Crippen LogP contribution in [0.5, 0.6) is 0 Å². The van der Waals surface area contributed by atoms with Gasteiger partial charge in [0.1, 0.15) is 0 Å². The van der Waals surface area contributed by atoms with Crippen molar-refractivity contribution in [1.29, 1.82) is 5.26 Å². The Morgan fingerprint density at radius 3 is 2.45 bits per heavy atom. The van der Waals surface area contributed by atoms with Gasteiger partial charge in [0, 0.05) is 5.82 Å². The first kappa shape index (κ1) is 13.7. The molecule has 0 N–H and O–H groups in total. The van der Waals surface area contributed by atoms with E-state index in [1.165, 1.54) is 5.56 Å². The summed E-state index contributed by atoms with van der Waals surface area (Å²) in [5.41, 5.74) is 1.42. The zero-order chi connectivity index (χ0) is 14.5. The van der Waals surface area contributed by atoms with Gasteiger partial charge < -0.3 is 9.31 Å². The van der Waals surface area contributed by atoms with Gasteiger partial charge >= 0.3 is 7.12 Å². The predicted octanol–water partition coefficient (Wildman–Crippen LogP) is 3.51. The van der Waals surface area contributed by atoms with Gasteiger partial charge in [0.15, 0.2) is 0 Å². The van der Waals surface area contributed by atoms with Gasteiger partial charge in [0.25, 0.3) is 0 Å². The number of hydrogen-bond donors (Lipinski definition) is 0. The van der Waals surface area contributed by atoms with Crippen molar-refractivity contribution in [2.75, 3.05) is 0 Å². The van der Waals surface area contributed by atoms with Crippen molar-refractivity contribution in [1.82, 2.24) is 0 Å². The van der Waals surface area contributed by atoms with E-state index in [0.29, 0.717) is 11.7 Å². The Labute approximate surface area is 121 Å². The Morgan fingerprint density at radius 1 is 1.20 bits per heavy atom. The minimum absolute atomic E-state index is 0.129. The minimum Gasteiger partial charge on any atom is -0.403 e. The molecular formula is C16H20BNO2. The highest BCUT2D eigenvalue weighted by atomic mass is 16.7. The van der Waals surface area contributed by atoms with Crippen LogP contribution >= 0.6 is 0 Å². The Morgan fingerprint density at radius 2 is 1.85 bits per heavy atom. The van der Waals surface area contributed by atoms with Crippen molar-refractivity contribution in [3.05, 3.63) is 35.4 Å². The van der Waals surface area contributed by atoms with E-state index in [1.54, 1.807) is 0 Å². The third-order valence-corrected chi connectivity index (χ3v) is 4.90. The number of nitriles is 1. The van der Waals surface area contributed by atoms with Crippen LogP contribution in [0.4, 0.5) is 0 Å². The zero-order valence-electron chi connectivity index (χ0n) is 12.5. The van der Waals surface area contributed by atoms with Gasteiger partial charge in [-0.15, -0.1) is 0 Å². The molecule has 2 aliphatic rings. The first-order valence-electron chi connectivity index (χ1n) is 7.20. The Balaban J connectivity index is 1.73. The number of benzene rings is 1. The molecule has 4 heteroatoms. The van der Waals surface area contributed by atoms with Crippen LogP contribution < -0.4 is 0 Å². The highest BCUT2D eigenvalue weighted by Crippen LogP contribution is 2.58. The number of rotatable bonds is 2. The normalized spacial score (nSPS) is 30.1. The van der Waals surface area contributed by atoms with Gasteiger partial charge in [-0.05, 0) is 57.7 Å². The van der Waals surface area contributed by atoms with Crippen molar-refractivity contribution in [3.8, 4) is 6.07 Å². The molecule has 0 bridgehead atoms. The summed E-state index contributed by atoms with van der Waals surface area (Å²) in [6.45, 7) is 8.34. The summed E-state index contributed by atoms with van der Waals surface area (Å²) in [5.74, 6) is 0.864. The fraction of sp³-hybridized carbons (Fsp3) is 0.562. The molecule has 1 aromatic carbocycles. The van der Waals surface area contributed by atoms with E-state index in [1.807, 2.05) is 18.2 Å². The van der Waals surface area contributed by atoms with Crippen LogP contribution in [-0.2, 0) is 9.31 Å². The molecule has 2 fully saturated rings. The topological polar surface area (TPSA) is 42.2 Å². The van der Waals surface area contributed by atoms with Crippen LogP contribution in [0.25, 0.3) is 0 Å². The van der Waals surface area contributed by atoms with E-state index >= 15 is 0 Å². The average molecular weight is 269 g/mol. The minimum atomic E-state index is -0.265. The molecule has 3 rings (SSSR count). The summed E-state index contributed by atoms with van der Waals surface area (Å²) >= 11 is 0. The van der Waals surface area contributed by atoms with Crippen molar-refractivity contribution < 1.29 is 9.31 Å². The van der Waals surface area contributed by atoms with Gasteiger partial charge in [-0.1, -0.05) is 12.1 Å². The number of hydrogen-bond acceptors (Lipinski definition) is 3. The average Bonchev–Trinajstić information content (AvgIpc) is 3.13. The summed E-state index contributed by atoms with van der Waals surface area (Å²) in [5, 5.41) is 8.98. The predicted molar refractivity (Wildman–Crippen MR) is 78.3 cm³/mol.